The van der Waals surface area contributed by atoms with Crippen LogP contribution in [-0.4, -0.2) is 12.2 Å². The van der Waals surface area contributed by atoms with Crippen molar-refractivity contribution >= 4 is 5.69 Å². The summed E-state index contributed by atoms with van der Waals surface area (Å²) in [5, 5.41) is 3.89. The molecule has 0 aliphatic heterocycles. The molecule has 1 heterocycles. The Hall–Kier alpha value is -1.81. The molecule has 2 aromatic rings. The number of hydrogen-bond donors (Lipinski definition) is 1. The number of aromatic nitrogens is 1. The first-order valence-electron chi connectivity index (χ1n) is 6.02. The molecule has 18 heavy (non-hydrogen) atoms. The molecule has 0 amide bonds. The van der Waals surface area contributed by atoms with E-state index in [1.165, 1.54) is 16.8 Å². The molecule has 1 aromatic heterocycles. The van der Waals surface area contributed by atoms with E-state index in [2.05, 4.69) is 42.1 Å². The van der Waals surface area contributed by atoms with Crippen LogP contribution in [0.2, 0.25) is 0 Å². The van der Waals surface area contributed by atoms with Gasteiger partial charge in [0.25, 0.3) is 0 Å². The van der Waals surface area contributed by atoms with Crippen LogP contribution in [0.1, 0.15) is 22.6 Å². The van der Waals surface area contributed by atoms with Crippen LogP contribution in [0, 0.1) is 13.8 Å². The zero-order valence-corrected chi connectivity index (χ0v) is 11.1. The minimum Gasteiger partial charge on any atom is -0.367 e. The van der Waals surface area contributed by atoms with Crippen molar-refractivity contribution in [3.05, 3.63) is 46.8 Å². The number of nitrogens with zero attached hydrogens (tertiary/aromatic N) is 2. The topological polar surface area (TPSA) is 55.3 Å². The Bertz CT molecular complexity index is 513. The second-order valence-electron chi connectivity index (χ2n) is 4.69. The lowest BCUT2D eigenvalue weighted by Crippen LogP contribution is -2.16. The number of nitrogens with two attached hydrogens (primary N) is 1. The molecule has 0 saturated carbocycles. The van der Waals surface area contributed by atoms with E-state index < -0.39 is 0 Å². The van der Waals surface area contributed by atoms with Crippen molar-refractivity contribution in [3.63, 3.8) is 0 Å². The molecule has 4 nitrogen and oxygen atoms in total. The zero-order chi connectivity index (χ0) is 13.1. The average Bonchev–Trinajstić information content (AvgIpc) is 2.75. The fourth-order valence-electron chi connectivity index (χ4n) is 2.02. The zero-order valence-electron chi connectivity index (χ0n) is 11.1. The predicted octanol–water partition coefficient (Wildman–Crippen LogP) is 2.39. The molecular weight excluding hydrogens is 226 g/mol. The first-order valence-corrected chi connectivity index (χ1v) is 6.02. The van der Waals surface area contributed by atoms with Crippen LogP contribution >= 0.6 is 0 Å². The van der Waals surface area contributed by atoms with Gasteiger partial charge >= 0.3 is 0 Å². The van der Waals surface area contributed by atoms with E-state index in [0.717, 1.165) is 11.5 Å². The normalized spacial score (nSPS) is 10.7. The van der Waals surface area contributed by atoms with Crippen LogP contribution in [0.5, 0.6) is 0 Å². The summed E-state index contributed by atoms with van der Waals surface area (Å²) in [4.78, 5) is 2.14. The maximum Gasteiger partial charge on any atom is 0.156 e. The van der Waals surface area contributed by atoms with Gasteiger partial charge in [-0.3, -0.25) is 0 Å². The number of aryl methyl sites for hydroxylation is 2. The highest BCUT2D eigenvalue weighted by molar-refractivity contribution is 5.50. The SMILES string of the molecule is Cc1cc(C)cc(N(C)Cc2cc(CN)no2)c1. The number of anilines is 1. The smallest absolute Gasteiger partial charge is 0.156 e. The summed E-state index contributed by atoms with van der Waals surface area (Å²) in [5.41, 5.74) is 10.0. The van der Waals surface area contributed by atoms with Gasteiger partial charge in [-0.15, -0.1) is 0 Å². The molecule has 0 aliphatic rings. The average molecular weight is 245 g/mol. The van der Waals surface area contributed by atoms with E-state index in [0.29, 0.717) is 13.1 Å². The molecule has 96 valence electrons. The summed E-state index contributed by atoms with van der Waals surface area (Å²) in [5.74, 6) is 0.831. The first-order chi connectivity index (χ1) is 8.58. The largest absolute Gasteiger partial charge is 0.367 e. The van der Waals surface area contributed by atoms with Gasteiger partial charge in [0.2, 0.25) is 0 Å². The van der Waals surface area contributed by atoms with Crippen molar-refractivity contribution in [3.8, 4) is 0 Å². The number of rotatable bonds is 4. The molecule has 4 heteroatoms. The van der Waals surface area contributed by atoms with Crippen LogP contribution < -0.4 is 10.6 Å². The van der Waals surface area contributed by atoms with E-state index in [9.17, 15) is 0 Å². The van der Waals surface area contributed by atoms with Gasteiger partial charge in [0.05, 0.1) is 12.2 Å². The second kappa shape index (κ2) is 5.23. The fraction of sp³-hybridized carbons (Fsp3) is 0.357. The molecule has 1 aromatic carbocycles. The first kappa shape index (κ1) is 12.6. The van der Waals surface area contributed by atoms with Crippen molar-refractivity contribution in [2.75, 3.05) is 11.9 Å². The lowest BCUT2D eigenvalue weighted by Gasteiger charge is -2.18. The maximum absolute atomic E-state index is 5.51. The Balaban J connectivity index is 2.13. The third-order valence-electron chi connectivity index (χ3n) is 2.86. The Morgan fingerprint density at radius 1 is 1.17 bits per heavy atom. The monoisotopic (exact) mass is 245 g/mol. The third-order valence-corrected chi connectivity index (χ3v) is 2.86. The van der Waals surface area contributed by atoms with Crippen molar-refractivity contribution in [1.29, 1.82) is 0 Å². The van der Waals surface area contributed by atoms with Crippen molar-refractivity contribution in [2.24, 2.45) is 5.73 Å². The van der Waals surface area contributed by atoms with Crippen LogP contribution in [0.4, 0.5) is 5.69 Å². The van der Waals surface area contributed by atoms with Gasteiger partial charge < -0.3 is 15.2 Å². The molecule has 0 aliphatic carbocycles. The molecule has 0 fully saturated rings. The molecule has 0 spiro atoms. The standard InChI is InChI=1S/C14H19N3O/c1-10-4-11(2)6-13(5-10)17(3)9-14-7-12(8-15)16-18-14/h4-7H,8-9,15H2,1-3H3. The molecule has 0 radical (unpaired) electrons. The van der Waals surface area contributed by atoms with Gasteiger partial charge in [0.15, 0.2) is 5.76 Å². The van der Waals surface area contributed by atoms with Crippen LogP contribution in [0.15, 0.2) is 28.8 Å². The van der Waals surface area contributed by atoms with Crippen LogP contribution in [-0.2, 0) is 13.1 Å². The quantitative estimate of drug-likeness (QED) is 0.898. The Morgan fingerprint density at radius 2 is 1.83 bits per heavy atom. The van der Waals surface area contributed by atoms with Gasteiger partial charge in [-0.25, -0.2) is 0 Å². The second-order valence-corrected chi connectivity index (χ2v) is 4.69. The Kier molecular flexibility index (Phi) is 3.67. The Morgan fingerprint density at radius 3 is 2.39 bits per heavy atom. The van der Waals surface area contributed by atoms with Crippen LogP contribution in [0.25, 0.3) is 0 Å². The maximum atomic E-state index is 5.51. The summed E-state index contributed by atoms with van der Waals surface area (Å²) in [7, 11) is 2.04. The minimum atomic E-state index is 0.413. The van der Waals surface area contributed by atoms with E-state index in [1.54, 1.807) is 0 Å². The molecule has 2 N–H and O–H groups in total. The number of benzene rings is 1. The summed E-state index contributed by atoms with van der Waals surface area (Å²) in [6.07, 6.45) is 0. The Labute approximate surface area is 107 Å². The van der Waals surface area contributed by atoms with Gasteiger partial charge in [-0.1, -0.05) is 11.2 Å². The molecule has 0 atom stereocenters. The van der Waals surface area contributed by atoms with Gasteiger partial charge in [0, 0.05) is 25.3 Å². The lowest BCUT2D eigenvalue weighted by atomic mass is 10.1. The summed E-state index contributed by atoms with van der Waals surface area (Å²) >= 11 is 0. The van der Waals surface area contributed by atoms with E-state index in [1.807, 2.05) is 13.1 Å². The number of hydrogen-bond acceptors (Lipinski definition) is 4. The van der Waals surface area contributed by atoms with E-state index in [4.69, 9.17) is 10.3 Å². The summed E-state index contributed by atoms with van der Waals surface area (Å²) in [6.45, 7) is 5.31. The third kappa shape index (κ3) is 2.90. The van der Waals surface area contributed by atoms with Gasteiger partial charge in [-0.2, -0.15) is 0 Å². The van der Waals surface area contributed by atoms with Crippen molar-refractivity contribution in [1.82, 2.24) is 5.16 Å². The predicted molar refractivity (Wildman–Crippen MR) is 72.4 cm³/mol. The van der Waals surface area contributed by atoms with E-state index >= 15 is 0 Å². The highest BCUT2D eigenvalue weighted by Crippen LogP contribution is 2.19. The summed E-state index contributed by atoms with van der Waals surface area (Å²) < 4.78 is 5.24. The fourth-order valence-corrected chi connectivity index (χ4v) is 2.02. The lowest BCUT2D eigenvalue weighted by molar-refractivity contribution is 0.377. The van der Waals surface area contributed by atoms with E-state index in [-0.39, 0.29) is 0 Å². The summed E-state index contributed by atoms with van der Waals surface area (Å²) in [6, 6.07) is 8.39. The molecule has 0 saturated heterocycles. The highest BCUT2D eigenvalue weighted by Gasteiger charge is 2.08. The molecular formula is C14H19N3O. The van der Waals surface area contributed by atoms with Crippen molar-refractivity contribution in [2.45, 2.75) is 26.9 Å². The van der Waals surface area contributed by atoms with Gasteiger partial charge in [0.1, 0.15) is 0 Å². The highest BCUT2D eigenvalue weighted by atomic mass is 16.5. The molecule has 2 rings (SSSR count). The van der Waals surface area contributed by atoms with Crippen molar-refractivity contribution < 1.29 is 4.52 Å². The minimum absolute atomic E-state index is 0.413. The van der Waals surface area contributed by atoms with Crippen LogP contribution in [0.3, 0.4) is 0 Å². The molecule has 0 bridgehead atoms. The molecule has 0 unspecified atom stereocenters. The van der Waals surface area contributed by atoms with Gasteiger partial charge in [-0.05, 0) is 37.1 Å².